The molecule has 0 N–H and O–H groups in total. The first-order valence-electron chi connectivity index (χ1n) is 6.75. The summed E-state index contributed by atoms with van der Waals surface area (Å²) < 4.78 is 7.35. The van der Waals surface area contributed by atoms with Crippen molar-refractivity contribution in [1.29, 1.82) is 0 Å². The van der Waals surface area contributed by atoms with E-state index in [1.807, 2.05) is 51.2 Å². The summed E-state index contributed by atoms with van der Waals surface area (Å²) in [5, 5.41) is 4.23. The molecular formula is C16H20N2O2. The van der Waals surface area contributed by atoms with Gasteiger partial charge in [-0.25, -0.2) is 0 Å². The highest BCUT2D eigenvalue weighted by Gasteiger charge is 2.08. The normalized spacial score (nSPS) is 10.6. The molecule has 0 aliphatic carbocycles. The number of aryl methyl sites for hydroxylation is 3. The fourth-order valence-electron chi connectivity index (χ4n) is 2.11. The molecule has 0 aliphatic rings. The Kier molecular flexibility index (Phi) is 4.56. The van der Waals surface area contributed by atoms with Gasteiger partial charge >= 0.3 is 0 Å². The molecule has 0 unspecified atom stereocenters. The molecule has 0 saturated carbocycles. The number of Topliss-reactive ketones (excluding diaryl/α,β-unsaturated/α-hetero) is 1. The van der Waals surface area contributed by atoms with Gasteiger partial charge in [-0.05, 0) is 37.6 Å². The largest absolute Gasteiger partial charge is 0.493 e. The molecule has 4 heteroatoms. The van der Waals surface area contributed by atoms with E-state index in [9.17, 15) is 4.79 Å². The van der Waals surface area contributed by atoms with Crippen LogP contribution < -0.4 is 4.74 Å². The monoisotopic (exact) mass is 272 g/mol. The van der Waals surface area contributed by atoms with Crippen LogP contribution in [0.3, 0.4) is 0 Å². The van der Waals surface area contributed by atoms with Crippen LogP contribution in [0.15, 0.2) is 30.3 Å². The van der Waals surface area contributed by atoms with E-state index in [0.717, 1.165) is 22.7 Å². The van der Waals surface area contributed by atoms with Gasteiger partial charge in [0.05, 0.1) is 12.3 Å². The summed E-state index contributed by atoms with van der Waals surface area (Å²) in [4.78, 5) is 11.9. The Morgan fingerprint density at radius 1 is 1.30 bits per heavy atom. The Labute approximate surface area is 119 Å². The van der Waals surface area contributed by atoms with Crippen molar-refractivity contribution in [1.82, 2.24) is 9.78 Å². The van der Waals surface area contributed by atoms with Gasteiger partial charge in [0.25, 0.3) is 0 Å². The summed E-state index contributed by atoms with van der Waals surface area (Å²) in [7, 11) is 1.86. The maximum absolute atomic E-state index is 11.9. The Morgan fingerprint density at radius 3 is 2.75 bits per heavy atom. The lowest BCUT2D eigenvalue weighted by atomic mass is 10.1. The van der Waals surface area contributed by atoms with Crippen LogP contribution in [0.2, 0.25) is 0 Å². The van der Waals surface area contributed by atoms with E-state index < -0.39 is 0 Å². The van der Waals surface area contributed by atoms with E-state index in [0.29, 0.717) is 19.4 Å². The van der Waals surface area contributed by atoms with Gasteiger partial charge in [0, 0.05) is 25.6 Å². The molecule has 1 aromatic heterocycles. The Morgan fingerprint density at radius 2 is 2.10 bits per heavy atom. The van der Waals surface area contributed by atoms with Crippen molar-refractivity contribution < 1.29 is 9.53 Å². The first kappa shape index (κ1) is 14.3. The zero-order valence-corrected chi connectivity index (χ0v) is 12.2. The highest BCUT2D eigenvalue weighted by atomic mass is 16.5. The maximum Gasteiger partial charge on any atom is 0.142 e. The summed E-state index contributed by atoms with van der Waals surface area (Å²) in [6.07, 6.45) is 0.826. The van der Waals surface area contributed by atoms with E-state index in [2.05, 4.69) is 5.10 Å². The molecule has 20 heavy (non-hydrogen) atoms. The van der Waals surface area contributed by atoms with Crippen molar-refractivity contribution in [2.45, 2.75) is 26.7 Å². The van der Waals surface area contributed by atoms with E-state index in [1.54, 1.807) is 4.68 Å². The molecule has 0 atom stereocenters. The van der Waals surface area contributed by atoms with Crippen LogP contribution in [0.4, 0.5) is 0 Å². The van der Waals surface area contributed by atoms with Crippen LogP contribution in [-0.2, 0) is 18.3 Å². The van der Waals surface area contributed by atoms with Crippen LogP contribution in [0.1, 0.15) is 23.4 Å². The molecule has 0 radical (unpaired) electrons. The predicted molar refractivity (Wildman–Crippen MR) is 77.9 cm³/mol. The van der Waals surface area contributed by atoms with Crippen molar-refractivity contribution in [3.8, 4) is 5.75 Å². The number of benzene rings is 1. The average Bonchev–Trinajstić information content (AvgIpc) is 2.68. The molecule has 0 fully saturated rings. The SMILES string of the molecule is Cc1cccc(OCCC(=O)Cc2cc(C)nn2C)c1. The van der Waals surface area contributed by atoms with Crippen LogP contribution in [0.25, 0.3) is 0 Å². The summed E-state index contributed by atoms with van der Waals surface area (Å²) in [6.45, 7) is 4.36. The fourth-order valence-corrected chi connectivity index (χ4v) is 2.11. The zero-order chi connectivity index (χ0) is 14.5. The second kappa shape index (κ2) is 6.37. The molecule has 0 saturated heterocycles. The van der Waals surface area contributed by atoms with Gasteiger partial charge in [0.2, 0.25) is 0 Å². The first-order chi connectivity index (χ1) is 9.54. The zero-order valence-electron chi connectivity index (χ0n) is 12.2. The molecule has 106 valence electrons. The maximum atomic E-state index is 11.9. The van der Waals surface area contributed by atoms with Crippen LogP contribution >= 0.6 is 0 Å². The fraction of sp³-hybridized carbons (Fsp3) is 0.375. The molecule has 2 aromatic rings. The summed E-state index contributed by atoms with van der Waals surface area (Å²) in [6, 6.07) is 9.78. The second-order valence-electron chi connectivity index (χ2n) is 5.03. The van der Waals surface area contributed by atoms with Gasteiger partial charge in [-0.2, -0.15) is 5.10 Å². The van der Waals surface area contributed by atoms with Crippen LogP contribution in [0, 0.1) is 13.8 Å². The van der Waals surface area contributed by atoms with Crippen molar-refractivity contribution in [3.63, 3.8) is 0 Å². The Balaban J connectivity index is 1.79. The number of nitrogens with zero attached hydrogens (tertiary/aromatic N) is 2. The van der Waals surface area contributed by atoms with Crippen LogP contribution in [-0.4, -0.2) is 22.2 Å². The molecule has 0 spiro atoms. The number of ether oxygens (including phenoxy) is 1. The van der Waals surface area contributed by atoms with Crippen molar-refractivity contribution in [3.05, 3.63) is 47.3 Å². The lowest BCUT2D eigenvalue weighted by molar-refractivity contribution is -0.119. The number of aromatic nitrogens is 2. The smallest absolute Gasteiger partial charge is 0.142 e. The third kappa shape index (κ3) is 3.95. The Hall–Kier alpha value is -2.10. The van der Waals surface area contributed by atoms with E-state index in [4.69, 9.17) is 4.74 Å². The molecule has 1 aromatic carbocycles. The number of ketones is 1. The lowest BCUT2D eigenvalue weighted by Gasteiger charge is -2.06. The highest BCUT2D eigenvalue weighted by molar-refractivity contribution is 5.80. The predicted octanol–water partition coefficient (Wildman–Crippen LogP) is 2.62. The molecule has 4 nitrogen and oxygen atoms in total. The number of hydrogen-bond acceptors (Lipinski definition) is 3. The molecule has 1 heterocycles. The topological polar surface area (TPSA) is 44.1 Å². The van der Waals surface area contributed by atoms with Crippen molar-refractivity contribution in [2.24, 2.45) is 7.05 Å². The van der Waals surface area contributed by atoms with Crippen molar-refractivity contribution >= 4 is 5.78 Å². The van der Waals surface area contributed by atoms with Gasteiger partial charge in [-0.3, -0.25) is 9.48 Å². The highest BCUT2D eigenvalue weighted by Crippen LogP contribution is 2.12. The molecule has 0 aliphatic heterocycles. The van der Waals surface area contributed by atoms with Crippen LogP contribution in [0.5, 0.6) is 5.75 Å². The third-order valence-corrected chi connectivity index (χ3v) is 3.12. The third-order valence-electron chi connectivity index (χ3n) is 3.12. The quantitative estimate of drug-likeness (QED) is 0.812. The Bertz CT molecular complexity index is 602. The molecule has 0 bridgehead atoms. The first-order valence-corrected chi connectivity index (χ1v) is 6.75. The van der Waals surface area contributed by atoms with Crippen molar-refractivity contribution in [2.75, 3.05) is 6.61 Å². The summed E-state index contributed by atoms with van der Waals surface area (Å²) in [5.74, 6) is 0.981. The molecular weight excluding hydrogens is 252 g/mol. The van der Waals surface area contributed by atoms with Gasteiger partial charge in [0.15, 0.2) is 0 Å². The molecule has 2 rings (SSSR count). The minimum absolute atomic E-state index is 0.167. The second-order valence-corrected chi connectivity index (χ2v) is 5.03. The van der Waals surface area contributed by atoms with Gasteiger partial charge in [-0.1, -0.05) is 12.1 Å². The standard InChI is InChI=1S/C16H20N2O2/c1-12-5-4-6-16(9-12)20-8-7-15(19)11-14-10-13(2)17-18(14)3/h4-6,9-10H,7-8,11H2,1-3H3. The lowest BCUT2D eigenvalue weighted by Crippen LogP contribution is -2.11. The minimum Gasteiger partial charge on any atom is -0.493 e. The van der Waals surface area contributed by atoms with Gasteiger partial charge in [0.1, 0.15) is 11.5 Å². The number of rotatable bonds is 6. The van der Waals surface area contributed by atoms with E-state index >= 15 is 0 Å². The number of hydrogen-bond donors (Lipinski definition) is 0. The van der Waals surface area contributed by atoms with E-state index in [1.165, 1.54) is 0 Å². The average molecular weight is 272 g/mol. The minimum atomic E-state index is 0.167. The van der Waals surface area contributed by atoms with Gasteiger partial charge < -0.3 is 4.74 Å². The van der Waals surface area contributed by atoms with Gasteiger partial charge in [-0.15, -0.1) is 0 Å². The molecule has 0 amide bonds. The number of carbonyl (C=O) groups is 1. The number of carbonyl (C=O) groups excluding carboxylic acids is 1. The summed E-state index contributed by atoms with van der Waals surface area (Å²) in [5.41, 5.74) is 3.04. The summed E-state index contributed by atoms with van der Waals surface area (Å²) >= 11 is 0. The van der Waals surface area contributed by atoms with E-state index in [-0.39, 0.29) is 5.78 Å².